The molecule has 106 valence electrons. The summed E-state index contributed by atoms with van der Waals surface area (Å²) >= 11 is 0. The molecule has 0 aliphatic carbocycles. The van der Waals surface area contributed by atoms with Crippen LogP contribution in [0.2, 0.25) is 0 Å². The zero-order chi connectivity index (χ0) is 13.9. The molecule has 0 aromatic heterocycles. The molecule has 0 bridgehead atoms. The third kappa shape index (κ3) is 3.69. The maximum absolute atomic E-state index is 12.5. The van der Waals surface area contributed by atoms with Crippen molar-refractivity contribution in [2.24, 2.45) is 0 Å². The van der Waals surface area contributed by atoms with Crippen LogP contribution in [-0.2, 0) is 10.2 Å². The second-order valence-corrected chi connectivity index (χ2v) is 5.44. The van der Waals surface area contributed by atoms with E-state index in [1.54, 1.807) is 18.2 Å². The summed E-state index contributed by atoms with van der Waals surface area (Å²) in [6, 6.07) is 4.91. The number of hydrogen-bond donors (Lipinski definition) is 0. The number of nitrogens with zero attached hydrogens (tertiary/aromatic N) is 1. The lowest BCUT2D eigenvalue weighted by Gasteiger charge is -2.22. The summed E-state index contributed by atoms with van der Waals surface area (Å²) in [5.74, 6) is 0.396. The minimum atomic E-state index is -4.58. The van der Waals surface area contributed by atoms with Crippen LogP contribution in [-0.4, -0.2) is 40.7 Å². The standard InChI is InChI=1S/C11H13F2NO4S/c12-3-4-14(5-6-19(13,15)16)9-1-2-10-11(7-9)18-8-17-10/h1-2,7H,3-6,8H2. The monoisotopic (exact) mass is 293 g/mol. The summed E-state index contributed by atoms with van der Waals surface area (Å²) in [6.45, 7) is -0.695. The molecule has 1 aromatic rings. The first-order valence-corrected chi connectivity index (χ1v) is 7.18. The average Bonchev–Trinajstić information content (AvgIpc) is 2.80. The zero-order valence-corrected chi connectivity index (χ0v) is 10.8. The number of hydrogen-bond acceptors (Lipinski definition) is 5. The van der Waals surface area contributed by atoms with Gasteiger partial charge in [0.1, 0.15) is 6.67 Å². The van der Waals surface area contributed by atoms with Gasteiger partial charge in [-0.15, -0.1) is 3.89 Å². The predicted molar refractivity (Wildman–Crippen MR) is 65.6 cm³/mol. The molecular formula is C11H13F2NO4S. The summed E-state index contributed by atoms with van der Waals surface area (Å²) in [5, 5.41) is 0. The lowest BCUT2D eigenvalue weighted by atomic mass is 10.2. The maximum Gasteiger partial charge on any atom is 0.304 e. The van der Waals surface area contributed by atoms with E-state index in [4.69, 9.17) is 9.47 Å². The van der Waals surface area contributed by atoms with Crippen LogP contribution in [0, 0.1) is 0 Å². The van der Waals surface area contributed by atoms with Crippen molar-refractivity contribution in [2.75, 3.05) is 37.2 Å². The van der Waals surface area contributed by atoms with Crippen LogP contribution in [0.4, 0.5) is 14.0 Å². The first-order chi connectivity index (χ1) is 8.99. The minimum absolute atomic E-state index is 0.0187. The number of anilines is 1. The normalized spacial score (nSPS) is 13.6. The molecule has 0 spiro atoms. The van der Waals surface area contributed by atoms with Gasteiger partial charge in [0, 0.05) is 24.8 Å². The Hall–Kier alpha value is -1.57. The number of rotatable bonds is 6. The van der Waals surface area contributed by atoms with Gasteiger partial charge in [-0.2, -0.15) is 8.42 Å². The Morgan fingerprint density at radius 1 is 1.21 bits per heavy atom. The van der Waals surface area contributed by atoms with E-state index in [1.807, 2.05) is 0 Å². The van der Waals surface area contributed by atoms with Gasteiger partial charge in [-0.25, -0.2) is 4.39 Å². The van der Waals surface area contributed by atoms with E-state index >= 15 is 0 Å². The van der Waals surface area contributed by atoms with Gasteiger partial charge in [0.2, 0.25) is 6.79 Å². The fourth-order valence-electron chi connectivity index (χ4n) is 1.77. The Morgan fingerprint density at radius 3 is 2.63 bits per heavy atom. The average molecular weight is 293 g/mol. The van der Waals surface area contributed by atoms with Crippen molar-refractivity contribution >= 4 is 15.9 Å². The number of halogens is 2. The molecule has 1 aliphatic rings. The first-order valence-electron chi connectivity index (χ1n) is 5.62. The molecule has 2 rings (SSSR count). The second kappa shape index (κ2) is 5.60. The van der Waals surface area contributed by atoms with Crippen LogP contribution in [0.25, 0.3) is 0 Å². The van der Waals surface area contributed by atoms with Gasteiger partial charge in [-0.1, -0.05) is 0 Å². The van der Waals surface area contributed by atoms with Crippen molar-refractivity contribution in [3.05, 3.63) is 18.2 Å². The number of benzene rings is 1. The Bertz CT molecular complexity index is 550. The molecule has 0 amide bonds. The van der Waals surface area contributed by atoms with E-state index in [9.17, 15) is 16.7 Å². The highest BCUT2D eigenvalue weighted by molar-refractivity contribution is 7.86. The topological polar surface area (TPSA) is 55.8 Å². The van der Waals surface area contributed by atoms with Crippen molar-refractivity contribution in [1.29, 1.82) is 0 Å². The van der Waals surface area contributed by atoms with Crippen LogP contribution in [0.5, 0.6) is 11.5 Å². The largest absolute Gasteiger partial charge is 0.454 e. The van der Waals surface area contributed by atoms with Crippen molar-refractivity contribution < 1.29 is 26.2 Å². The highest BCUT2D eigenvalue weighted by Crippen LogP contribution is 2.35. The number of ether oxygens (including phenoxy) is 2. The van der Waals surface area contributed by atoms with E-state index in [-0.39, 0.29) is 19.9 Å². The maximum atomic E-state index is 12.5. The molecule has 0 saturated carbocycles. The van der Waals surface area contributed by atoms with Crippen molar-refractivity contribution in [3.63, 3.8) is 0 Å². The third-order valence-corrected chi connectivity index (χ3v) is 3.35. The van der Waals surface area contributed by atoms with Crippen LogP contribution in [0.1, 0.15) is 0 Å². The fourth-order valence-corrected chi connectivity index (χ4v) is 2.21. The van der Waals surface area contributed by atoms with E-state index in [0.29, 0.717) is 17.2 Å². The molecule has 0 fully saturated rings. The number of alkyl halides is 1. The molecule has 5 nitrogen and oxygen atoms in total. The summed E-state index contributed by atoms with van der Waals surface area (Å²) in [7, 11) is -4.58. The lowest BCUT2D eigenvalue weighted by molar-refractivity contribution is 0.174. The van der Waals surface area contributed by atoms with Crippen LogP contribution in [0.15, 0.2) is 18.2 Å². The Balaban J connectivity index is 2.14. The van der Waals surface area contributed by atoms with Gasteiger partial charge >= 0.3 is 10.2 Å². The Labute approximate surface area is 109 Å². The van der Waals surface area contributed by atoms with Crippen molar-refractivity contribution in [2.45, 2.75) is 0 Å². The smallest absolute Gasteiger partial charge is 0.304 e. The van der Waals surface area contributed by atoms with Gasteiger partial charge in [0.05, 0.1) is 5.75 Å². The summed E-state index contributed by atoms with van der Waals surface area (Å²) in [4.78, 5) is 1.44. The summed E-state index contributed by atoms with van der Waals surface area (Å²) in [5.41, 5.74) is 0.561. The van der Waals surface area contributed by atoms with E-state index in [1.165, 1.54) is 4.90 Å². The first kappa shape index (κ1) is 13.9. The lowest BCUT2D eigenvalue weighted by Crippen LogP contribution is -2.30. The van der Waals surface area contributed by atoms with Gasteiger partial charge in [-0.05, 0) is 12.1 Å². The zero-order valence-electron chi connectivity index (χ0n) is 10.0. The molecule has 0 saturated heterocycles. The molecule has 1 aliphatic heterocycles. The highest BCUT2D eigenvalue weighted by atomic mass is 32.3. The summed E-state index contributed by atoms with van der Waals surface area (Å²) in [6.07, 6.45) is 0. The molecule has 0 radical (unpaired) electrons. The molecule has 0 N–H and O–H groups in total. The SMILES string of the molecule is O=S(=O)(F)CCN(CCF)c1ccc2c(c1)OCO2. The van der Waals surface area contributed by atoms with Gasteiger partial charge in [0.25, 0.3) is 0 Å². The van der Waals surface area contributed by atoms with Crippen LogP contribution in [0.3, 0.4) is 0 Å². The Morgan fingerprint density at radius 2 is 1.95 bits per heavy atom. The molecule has 0 atom stereocenters. The van der Waals surface area contributed by atoms with Gasteiger partial charge in [-0.3, -0.25) is 0 Å². The number of fused-ring (bicyclic) bond motifs is 1. The molecule has 8 heteroatoms. The van der Waals surface area contributed by atoms with E-state index < -0.39 is 22.7 Å². The summed E-state index contributed by atoms with van der Waals surface area (Å²) < 4.78 is 56.4. The van der Waals surface area contributed by atoms with Gasteiger partial charge in [0.15, 0.2) is 11.5 Å². The molecule has 1 aromatic carbocycles. The Kier molecular flexibility index (Phi) is 4.08. The van der Waals surface area contributed by atoms with Crippen LogP contribution >= 0.6 is 0 Å². The fraction of sp³-hybridized carbons (Fsp3) is 0.455. The quantitative estimate of drug-likeness (QED) is 0.744. The van der Waals surface area contributed by atoms with E-state index in [0.717, 1.165) is 0 Å². The van der Waals surface area contributed by atoms with E-state index in [2.05, 4.69) is 0 Å². The highest BCUT2D eigenvalue weighted by Gasteiger charge is 2.17. The minimum Gasteiger partial charge on any atom is -0.454 e. The molecular weight excluding hydrogens is 280 g/mol. The second-order valence-electron chi connectivity index (χ2n) is 3.96. The third-order valence-electron chi connectivity index (χ3n) is 2.68. The predicted octanol–water partition coefficient (Wildman–Crippen LogP) is 1.49. The molecule has 19 heavy (non-hydrogen) atoms. The van der Waals surface area contributed by atoms with Crippen molar-refractivity contribution in [1.82, 2.24) is 0 Å². The van der Waals surface area contributed by atoms with Crippen LogP contribution < -0.4 is 14.4 Å². The van der Waals surface area contributed by atoms with Gasteiger partial charge < -0.3 is 14.4 Å². The molecule has 1 heterocycles. The van der Waals surface area contributed by atoms with Crippen molar-refractivity contribution in [3.8, 4) is 11.5 Å². The molecule has 0 unspecified atom stereocenters.